The fraction of sp³-hybridized carbons (Fsp3) is 0.444. The van der Waals surface area contributed by atoms with Crippen molar-refractivity contribution in [3.8, 4) is 0 Å². The number of ether oxygens (including phenoxy) is 2. The fourth-order valence-electron chi connectivity index (χ4n) is 3.58. The number of anilines is 1. The predicted octanol–water partition coefficient (Wildman–Crippen LogP) is 6.26. The first-order valence-corrected chi connectivity index (χ1v) is 11.2. The Kier molecular flexibility index (Phi) is 9.33. The average Bonchev–Trinajstić information content (AvgIpc) is 2.71. The molecule has 0 spiro atoms. The summed E-state index contributed by atoms with van der Waals surface area (Å²) in [5, 5.41) is 2.77. The van der Waals surface area contributed by atoms with Crippen LogP contribution >= 0.6 is 0 Å². The van der Waals surface area contributed by atoms with Crippen molar-refractivity contribution in [2.24, 2.45) is 5.92 Å². The van der Waals surface area contributed by atoms with Crippen LogP contribution in [0.25, 0.3) is 0 Å². The van der Waals surface area contributed by atoms with Crippen molar-refractivity contribution in [2.45, 2.75) is 59.3 Å². The van der Waals surface area contributed by atoms with Crippen LogP contribution in [0.1, 0.15) is 45.7 Å². The van der Waals surface area contributed by atoms with Crippen LogP contribution in [0.4, 0.5) is 10.5 Å². The molecule has 1 atom stereocenters. The van der Waals surface area contributed by atoms with Gasteiger partial charge in [0.2, 0.25) is 0 Å². The summed E-state index contributed by atoms with van der Waals surface area (Å²) < 4.78 is 11.3. The molecular weight excluding hydrogens is 400 g/mol. The molecule has 0 radical (unpaired) electrons. The minimum atomic E-state index is -0.517. The van der Waals surface area contributed by atoms with Crippen molar-refractivity contribution in [1.82, 2.24) is 4.90 Å². The summed E-state index contributed by atoms with van der Waals surface area (Å²) in [6.45, 7) is 15.5. The molecule has 0 aliphatic rings. The van der Waals surface area contributed by atoms with Crippen LogP contribution in [0.2, 0.25) is 0 Å². The quantitative estimate of drug-likeness (QED) is 0.445. The van der Waals surface area contributed by atoms with Gasteiger partial charge in [0.1, 0.15) is 18.0 Å². The minimum absolute atomic E-state index is 0.131. The lowest BCUT2D eigenvalue weighted by Crippen LogP contribution is -2.39. The summed E-state index contributed by atoms with van der Waals surface area (Å²) in [5.74, 6) is 1.17. The zero-order valence-electron chi connectivity index (χ0n) is 20.4. The van der Waals surface area contributed by atoms with E-state index in [1.165, 1.54) is 5.56 Å². The van der Waals surface area contributed by atoms with Crippen molar-refractivity contribution < 1.29 is 14.3 Å². The number of hydrogen-bond donors (Lipinski definition) is 1. The lowest BCUT2D eigenvalue weighted by atomic mass is 10.0. The number of nitrogens with one attached hydrogen (secondary N) is 1. The highest BCUT2D eigenvalue weighted by Crippen LogP contribution is 2.20. The topological polar surface area (TPSA) is 50.8 Å². The van der Waals surface area contributed by atoms with Gasteiger partial charge in [-0.3, -0.25) is 10.2 Å². The molecule has 0 aliphatic carbocycles. The average molecular weight is 439 g/mol. The number of carbonyl (C=O) groups is 1. The maximum atomic E-state index is 11.9. The predicted molar refractivity (Wildman–Crippen MR) is 132 cm³/mol. The van der Waals surface area contributed by atoms with Crippen LogP contribution < -0.4 is 5.32 Å². The van der Waals surface area contributed by atoms with Gasteiger partial charge in [0.05, 0.1) is 6.04 Å². The molecule has 0 bridgehead atoms. The summed E-state index contributed by atoms with van der Waals surface area (Å²) >= 11 is 0. The number of nitrogens with zero attached hydrogens (tertiary/aromatic N) is 1. The smallest absolute Gasteiger partial charge is 0.412 e. The Morgan fingerprint density at radius 3 is 2.22 bits per heavy atom. The van der Waals surface area contributed by atoms with Crippen LogP contribution in [-0.4, -0.2) is 36.2 Å². The first-order chi connectivity index (χ1) is 15.0. The molecule has 2 rings (SSSR count). The second kappa shape index (κ2) is 11.7. The van der Waals surface area contributed by atoms with Gasteiger partial charge in [0.15, 0.2) is 0 Å². The Hall–Kier alpha value is -2.79. The SMILES string of the molecule is C=C(OCc1ccccc1)[C@H](C(C)C)N(C)CCc1ccc(NC(=O)OC(C)(C)C)cc1. The molecule has 0 saturated heterocycles. The summed E-state index contributed by atoms with van der Waals surface area (Å²) in [7, 11) is 2.11. The minimum Gasteiger partial charge on any atom is -0.492 e. The van der Waals surface area contributed by atoms with Gasteiger partial charge in [-0.25, -0.2) is 4.79 Å². The Balaban J connectivity index is 1.87. The number of rotatable bonds is 10. The molecular formula is C27H38N2O3. The number of likely N-dealkylation sites (N-methyl/N-ethyl adjacent to an activating group) is 1. The first-order valence-electron chi connectivity index (χ1n) is 11.2. The number of hydrogen-bond acceptors (Lipinski definition) is 4. The normalized spacial score (nSPS) is 12.5. The Morgan fingerprint density at radius 1 is 1.03 bits per heavy atom. The molecule has 5 nitrogen and oxygen atoms in total. The van der Waals surface area contributed by atoms with Crippen LogP contribution in [0, 0.1) is 5.92 Å². The van der Waals surface area contributed by atoms with E-state index in [1.807, 2.05) is 63.2 Å². The fourth-order valence-corrected chi connectivity index (χ4v) is 3.58. The summed E-state index contributed by atoms with van der Waals surface area (Å²) in [5.41, 5.74) is 2.54. The van der Waals surface area contributed by atoms with E-state index in [-0.39, 0.29) is 6.04 Å². The molecule has 1 N–H and O–H groups in total. The van der Waals surface area contributed by atoms with Gasteiger partial charge in [-0.15, -0.1) is 0 Å². The van der Waals surface area contributed by atoms with E-state index >= 15 is 0 Å². The highest BCUT2D eigenvalue weighted by atomic mass is 16.6. The van der Waals surface area contributed by atoms with E-state index in [0.29, 0.717) is 12.5 Å². The standard InChI is InChI=1S/C27H38N2O3/c1-20(2)25(21(3)31-19-23-11-9-8-10-12-23)29(7)18-17-22-13-15-24(16-14-22)28-26(30)32-27(4,5)6/h8-16,20,25H,3,17-19H2,1-2,4-7H3,(H,28,30)/t25-/m0/s1. The molecule has 0 fully saturated rings. The maximum absolute atomic E-state index is 11.9. The monoisotopic (exact) mass is 438 g/mol. The molecule has 0 aromatic heterocycles. The van der Waals surface area contributed by atoms with Crippen molar-refractivity contribution >= 4 is 11.8 Å². The third-order valence-electron chi connectivity index (χ3n) is 5.06. The number of amides is 1. The van der Waals surface area contributed by atoms with Gasteiger partial charge in [0, 0.05) is 12.2 Å². The summed E-state index contributed by atoms with van der Waals surface area (Å²) in [6.07, 6.45) is 0.442. The van der Waals surface area contributed by atoms with Crippen LogP contribution in [-0.2, 0) is 22.5 Å². The van der Waals surface area contributed by atoms with Gasteiger partial charge in [-0.05, 0) is 63.4 Å². The van der Waals surface area contributed by atoms with Gasteiger partial charge in [0.25, 0.3) is 0 Å². The maximum Gasteiger partial charge on any atom is 0.412 e. The molecule has 5 heteroatoms. The molecule has 32 heavy (non-hydrogen) atoms. The van der Waals surface area contributed by atoms with E-state index in [2.05, 4.69) is 49.8 Å². The molecule has 174 valence electrons. The second-order valence-corrected chi connectivity index (χ2v) is 9.48. The number of benzene rings is 2. The van der Waals surface area contributed by atoms with Gasteiger partial charge in [-0.1, -0.05) is 62.9 Å². The molecule has 1 amide bonds. The molecule has 0 saturated carbocycles. The molecule has 2 aromatic rings. The third kappa shape index (κ3) is 8.75. The molecule has 2 aromatic carbocycles. The van der Waals surface area contributed by atoms with Crippen LogP contribution in [0.5, 0.6) is 0 Å². The van der Waals surface area contributed by atoms with Crippen molar-refractivity contribution in [3.05, 3.63) is 78.1 Å². The van der Waals surface area contributed by atoms with Crippen molar-refractivity contribution in [1.29, 1.82) is 0 Å². The lowest BCUT2D eigenvalue weighted by Gasteiger charge is -2.32. The summed E-state index contributed by atoms with van der Waals surface area (Å²) in [6, 6.07) is 18.2. The molecule has 0 unspecified atom stereocenters. The van der Waals surface area contributed by atoms with E-state index in [4.69, 9.17) is 9.47 Å². The Morgan fingerprint density at radius 2 is 1.66 bits per heavy atom. The number of carbonyl (C=O) groups excluding carboxylic acids is 1. The zero-order valence-corrected chi connectivity index (χ0v) is 20.4. The van der Waals surface area contributed by atoms with Gasteiger partial charge in [-0.2, -0.15) is 0 Å². The Labute approximate surface area is 193 Å². The lowest BCUT2D eigenvalue weighted by molar-refractivity contribution is 0.0636. The van der Waals surface area contributed by atoms with Crippen molar-refractivity contribution in [3.63, 3.8) is 0 Å². The molecule has 0 aliphatic heterocycles. The van der Waals surface area contributed by atoms with E-state index in [0.717, 1.165) is 30.0 Å². The van der Waals surface area contributed by atoms with Gasteiger partial charge < -0.3 is 9.47 Å². The van der Waals surface area contributed by atoms with E-state index < -0.39 is 11.7 Å². The second-order valence-electron chi connectivity index (χ2n) is 9.48. The largest absolute Gasteiger partial charge is 0.492 e. The zero-order chi connectivity index (χ0) is 23.7. The van der Waals surface area contributed by atoms with E-state index in [1.54, 1.807) is 0 Å². The third-order valence-corrected chi connectivity index (χ3v) is 5.06. The first kappa shape index (κ1) is 25.5. The van der Waals surface area contributed by atoms with Gasteiger partial charge >= 0.3 is 6.09 Å². The van der Waals surface area contributed by atoms with Crippen LogP contribution in [0.3, 0.4) is 0 Å². The van der Waals surface area contributed by atoms with Crippen molar-refractivity contribution in [2.75, 3.05) is 18.9 Å². The Bertz CT molecular complexity index is 855. The van der Waals surface area contributed by atoms with E-state index in [9.17, 15) is 4.79 Å². The highest BCUT2D eigenvalue weighted by Gasteiger charge is 2.23. The molecule has 0 heterocycles. The van der Waals surface area contributed by atoms with Crippen LogP contribution in [0.15, 0.2) is 66.9 Å². The summed E-state index contributed by atoms with van der Waals surface area (Å²) in [4.78, 5) is 14.2. The highest BCUT2D eigenvalue weighted by molar-refractivity contribution is 5.84.